The summed E-state index contributed by atoms with van der Waals surface area (Å²) in [5.41, 5.74) is 0. The third kappa shape index (κ3) is 12.7. The van der Waals surface area contributed by atoms with Crippen molar-refractivity contribution in [3.63, 3.8) is 0 Å². The number of nitrogens with zero attached hydrogens (tertiary/aromatic N) is 1. The molecule has 0 unspecified atom stereocenters. The van der Waals surface area contributed by atoms with E-state index in [4.69, 9.17) is 0 Å². The molecule has 4 nitrogen and oxygen atoms in total. The van der Waals surface area contributed by atoms with Crippen LogP contribution in [0.1, 0.15) is 71.1 Å². The van der Waals surface area contributed by atoms with Crippen LogP contribution in [0.25, 0.3) is 0 Å². The van der Waals surface area contributed by atoms with Crippen LogP contribution >= 0.6 is 0 Å². The number of carboxylic acid groups (broad SMARTS) is 1. The SMILES string of the molecule is CCCCCCCCCCCC(=O)N(C)C(=O)[O-].[Na+]. The van der Waals surface area contributed by atoms with Gasteiger partial charge in [0.1, 0.15) is 6.09 Å². The summed E-state index contributed by atoms with van der Waals surface area (Å²) in [4.78, 5) is 22.3. The van der Waals surface area contributed by atoms with Crippen molar-refractivity contribution >= 4 is 12.0 Å². The molecule has 0 rings (SSSR count). The predicted octanol–water partition coefficient (Wildman–Crippen LogP) is -0.287. The Labute approximate surface area is 139 Å². The Balaban J connectivity index is 0. The van der Waals surface area contributed by atoms with Gasteiger partial charge in [-0.3, -0.25) is 4.79 Å². The zero-order valence-corrected chi connectivity index (χ0v) is 14.7. The van der Waals surface area contributed by atoms with E-state index in [0.717, 1.165) is 19.3 Å². The Bertz CT molecular complexity index is 247. The fourth-order valence-electron chi connectivity index (χ4n) is 1.86. The van der Waals surface area contributed by atoms with Gasteiger partial charge in [-0.1, -0.05) is 58.3 Å². The molecule has 0 bridgehead atoms. The molecule has 0 aliphatic heterocycles. The molecule has 0 heterocycles. The van der Waals surface area contributed by atoms with Gasteiger partial charge in [-0.05, 0) is 6.42 Å². The number of carbonyl (C=O) groups excluding carboxylic acids is 2. The molecule has 0 aromatic rings. The number of unbranched alkanes of at least 4 members (excludes halogenated alkanes) is 8. The van der Waals surface area contributed by atoms with Crippen molar-refractivity contribution in [2.24, 2.45) is 0 Å². The second-order valence-electron chi connectivity index (χ2n) is 4.80. The van der Waals surface area contributed by atoms with E-state index in [2.05, 4.69) is 6.92 Å². The molecular weight excluding hydrogens is 253 g/mol. The van der Waals surface area contributed by atoms with Crippen molar-refractivity contribution in [1.29, 1.82) is 0 Å². The van der Waals surface area contributed by atoms with Gasteiger partial charge < -0.3 is 14.8 Å². The van der Waals surface area contributed by atoms with Crippen LogP contribution < -0.4 is 34.7 Å². The number of amides is 2. The standard InChI is InChI=1S/C14H27NO3.Na/c1-3-4-5-6-7-8-9-10-11-12-13(16)15(2)14(17)18;/h3-12H2,1-2H3,(H,17,18);/q;+1/p-1. The fourth-order valence-corrected chi connectivity index (χ4v) is 1.86. The van der Waals surface area contributed by atoms with Crippen LogP contribution in [0.5, 0.6) is 0 Å². The minimum Gasteiger partial charge on any atom is -0.530 e. The molecule has 0 atom stereocenters. The molecule has 0 aliphatic carbocycles. The normalized spacial score (nSPS) is 9.79. The second-order valence-corrected chi connectivity index (χ2v) is 4.80. The summed E-state index contributed by atoms with van der Waals surface area (Å²) in [7, 11) is 1.24. The molecule has 0 saturated heterocycles. The van der Waals surface area contributed by atoms with Crippen molar-refractivity contribution in [2.75, 3.05) is 7.05 Å². The van der Waals surface area contributed by atoms with E-state index in [1.165, 1.54) is 45.6 Å². The molecule has 0 spiro atoms. The van der Waals surface area contributed by atoms with Crippen molar-refractivity contribution in [3.05, 3.63) is 0 Å². The summed E-state index contributed by atoms with van der Waals surface area (Å²) < 4.78 is 0. The summed E-state index contributed by atoms with van der Waals surface area (Å²) in [5, 5.41) is 10.4. The summed E-state index contributed by atoms with van der Waals surface area (Å²) in [6.45, 7) is 2.21. The van der Waals surface area contributed by atoms with Crippen molar-refractivity contribution in [2.45, 2.75) is 71.1 Å². The molecule has 0 aromatic heterocycles. The van der Waals surface area contributed by atoms with Gasteiger partial charge in [-0.25, -0.2) is 0 Å². The largest absolute Gasteiger partial charge is 1.00 e. The molecule has 0 aromatic carbocycles. The Morgan fingerprint density at radius 2 is 1.32 bits per heavy atom. The summed E-state index contributed by atoms with van der Waals surface area (Å²) >= 11 is 0. The minimum atomic E-state index is -1.42. The molecule has 0 radical (unpaired) electrons. The van der Waals surface area contributed by atoms with Crippen molar-refractivity contribution in [1.82, 2.24) is 4.90 Å². The van der Waals surface area contributed by atoms with Gasteiger partial charge in [0, 0.05) is 13.5 Å². The summed E-state index contributed by atoms with van der Waals surface area (Å²) in [5.74, 6) is -0.363. The van der Waals surface area contributed by atoms with Crippen LogP contribution in [0.3, 0.4) is 0 Å². The van der Waals surface area contributed by atoms with Gasteiger partial charge >= 0.3 is 29.6 Å². The zero-order valence-electron chi connectivity index (χ0n) is 12.7. The first-order valence-corrected chi connectivity index (χ1v) is 7.07. The van der Waals surface area contributed by atoms with Crippen LogP contribution in [-0.2, 0) is 4.79 Å². The Morgan fingerprint density at radius 1 is 0.895 bits per heavy atom. The van der Waals surface area contributed by atoms with Gasteiger partial charge in [-0.15, -0.1) is 0 Å². The van der Waals surface area contributed by atoms with E-state index in [0.29, 0.717) is 11.3 Å². The van der Waals surface area contributed by atoms with Crippen molar-refractivity contribution in [3.8, 4) is 0 Å². The van der Waals surface area contributed by atoms with Crippen LogP contribution in [0.2, 0.25) is 0 Å². The topological polar surface area (TPSA) is 60.4 Å². The maximum absolute atomic E-state index is 11.3. The van der Waals surface area contributed by atoms with Crippen molar-refractivity contribution < 1.29 is 44.3 Å². The summed E-state index contributed by atoms with van der Waals surface area (Å²) in [6, 6.07) is 0. The zero-order chi connectivity index (χ0) is 13.8. The monoisotopic (exact) mass is 279 g/mol. The number of hydrogen-bond acceptors (Lipinski definition) is 3. The maximum atomic E-state index is 11.3. The summed E-state index contributed by atoms with van der Waals surface area (Å²) in [6.07, 6.45) is 9.50. The van der Waals surface area contributed by atoms with Gasteiger partial charge in [0.05, 0.1) is 0 Å². The van der Waals surface area contributed by atoms with E-state index in [1.54, 1.807) is 0 Å². The van der Waals surface area contributed by atoms with Gasteiger partial charge in [0.25, 0.3) is 0 Å². The quantitative estimate of drug-likeness (QED) is 0.408. The molecule has 0 saturated carbocycles. The molecular formula is C14H26NNaO3. The molecule has 5 heteroatoms. The van der Waals surface area contributed by atoms with Gasteiger partial charge in [-0.2, -0.15) is 0 Å². The molecule has 0 aliphatic rings. The Kier molecular flexibility index (Phi) is 16.0. The van der Waals surface area contributed by atoms with E-state index in [1.807, 2.05) is 0 Å². The minimum absolute atomic E-state index is 0. The third-order valence-corrected chi connectivity index (χ3v) is 3.14. The fraction of sp³-hybridized carbons (Fsp3) is 0.857. The number of rotatable bonds is 10. The maximum Gasteiger partial charge on any atom is 1.00 e. The smallest absolute Gasteiger partial charge is 0.530 e. The Morgan fingerprint density at radius 3 is 1.74 bits per heavy atom. The second kappa shape index (κ2) is 14.4. The molecule has 0 fully saturated rings. The predicted molar refractivity (Wildman–Crippen MR) is 70.0 cm³/mol. The van der Waals surface area contributed by atoms with E-state index in [-0.39, 0.29) is 35.5 Å². The molecule has 2 amide bonds. The van der Waals surface area contributed by atoms with Crippen LogP contribution in [0.15, 0.2) is 0 Å². The van der Waals surface area contributed by atoms with E-state index < -0.39 is 6.09 Å². The van der Waals surface area contributed by atoms with Crippen LogP contribution in [0.4, 0.5) is 4.79 Å². The van der Waals surface area contributed by atoms with Crippen LogP contribution in [-0.4, -0.2) is 23.9 Å². The van der Waals surface area contributed by atoms with Gasteiger partial charge in [0.2, 0.25) is 5.91 Å². The average Bonchev–Trinajstić information content (AvgIpc) is 2.35. The van der Waals surface area contributed by atoms with Gasteiger partial charge in [0.15, 0.2) is 0 Å². The first kappa shape index (κ1) is 21.2. The van der Waals surface area contributed by atoms with E-state index in [9.17, 15) is 14.7 Å². The third-order valence-electron chi connectivity index (χ3n) is 3.14. The van der Waals surface area contributed by atoms with E-state index >= 15 is 0 Å². The Hall–Kier alpha value is -0.0600. The average molecular weight is 279 g/mol. The molecule has 106 valence electrons. The first-order chi connectivity index (χ1) is 8.59. The number of imide groups is 1. The molecule has 0 N–H and O–H groups in total. The first-order valence-electron chi connectivity index (χ1n) is 7.07. The number of carbonyl (C=O) groups is 2. The van der Waals surface area contributed by atoms with Crippen LogP contribution in [0, 0.1) is 0 Å². The number of hydrogen-bond donors (Lipinski definition) is 0. The molecule has 19 heavy (non-hydrogen) atoms.